The summed E-state index contributed by atoms with van der Waals surface area (Å²) in [4.78, 5) is 10.5. The molecule has 1 unspecified atom stereocenters. The first kappa shape index (κ1) is 13.5. The second-order valence-corrected chi connectivity index (χ2v) is 3.76. The Morgan fingerprint density at radius 3 is 2.76 bits per heavy atom. The lowest BCUT2D eigenvalue weighted by atomic mass is 10.1. The van der Waals surface area contributed by atoms with E-state index in [1.54, 1.807) is 32.4 Å². The number of carboxylic acid groups (broad SMARTS) is 1. The van der Waals surface area contributed by atoms with E-state index in [9.17, 15) is 4.79 Å². The van der Waals surface area contributed by atoms with Crippen molar-refractivity contribution < 1.29 is 14.6 Å². The van der Waals surface area contributed by atoms with Gasteiger partial charge in [0.2, 0.25) is 0 Å². The maximum Gasteiger partial charge on any atom is 0.328 e. The van der Waals surface area contributed by atoms with Crippen LogP contribution in [0.4, 0.5) is 0 Å². The van der Waals surface area contributed by atoms with Crippen LogP contribution in [0.15, 0.2) is 30.4 Å². The number of ether oxygens (including phenoxy) is 1. The molecule has 1 aromatic rings. The van der Waals surface area contributed by atoms with Crippen LogP contribution in [0, 0.1) is 0 Å². The van der Waals surface area contributed by atoms with Crippen LogP contribution in [0.2, 0.25) is 5.02 Å². The first-order valence-corrected chi connectivity index (χ1v) is 5.38. The molecular weight excluding hydrogens is 242 g/mol. The number of hydrogen-bond acceptors (Lipinski definition) is 3. The summed E-state index contributed by atoms with van der Waals surface area (Å²) >= 11 is 6.10. The van der Waals surface area contributed by atoms with Crippen LogP contribution in [0.3, 0.4) is 0 Å². The van der Waals surface area contributed by atoms with Gasteiger partial charge in [-0.2, -0.15) is 0 Å². The number of aliphatic carboxylic acids is 1. The van der Waals surface area contributed by atoms with Crippen molar-refractivity contribution in [3.63, 3.8) is 0 Å². The highest BCUT2D eigenvalue weighted by molar-refractivity contribution is 6.31. The summed E-state index contributed by atoms with van der Waals surface area (Å²) in [6.45, 7) is 0. The molecule has 0 amide bonds. The minimum atomic E-state index is -0.991. The predicted molar refractivity (Wildman–Crippen MR) is 66.6 cm³/mol. The van der Waals surface area contributed by atoms with E-state index < -0.39 is 5.97 Å². The van der Waals surface area contributed by atoms with Gasteiger partial charge in [0.05, 0.1) is 13.2 Å². The Kier molecular flexibility index (Phi) is 5.00. The van der Waals surface area contributed by atoms with Gasteiger partial charge in [0.25, 0.3) is 0 Å². The van der Waals surface area contributed by atoms with Crippen molar-refractivity contribution in [3.8, 4) is 5.75 Å². The molecule has 0 saturated heterocycles. The van der Waals surface area contributed by atoms with E-state index >= 15 is 0 Å². The van der Waals surface area contributed by atoms with Gasteiger partial charge in [-0.25, -0.2) is 4.79 Å². The van der Waals surface area contributed by atoms with E-state index in [0.717, 1.165) is 11.6 Å². The van der Waals surface area contributed by atoms with Gasteiger partial charge >= 0.3 is 5.97 Å². The summed E-state index contributed by atoms with van der Waals surface area (Å²) in [5, 5.41) is 12.1. The monoisotopic (exact) mass is 255 g/mol. The Morgan fingerprint density at radius 1 is 1.59 bits per heavy atom. The predicted octanol–water partition coefficient (Wildman–Crippen LogP) is 2.25. The molecule has 0 aliphatic heterocycles. The Bertz CT molecular complexity index is 432. The van der Waals surface area contributed by atoms with E-state index in [2.05, 4.69) is 5.32 Å². The number of likely N-dealkylation sites (N-methyl/N-ethyl adjacent to an activating group) is 1. The highest BCUT2D eigenvalue weighted by atomic mass is 35.5. The number of hydrogen-bond donors (Lipinski definition) is 2. The third-order valence-corrected chi connectivity index (χ3v) is 2.61. The van der Waals surface area contributed by atoms with Crippen molar-refractivity contribution in [2.24, 2.45) is 0 Å². The zero-order chi connectivity index (χ0) is 12.8. The highest BCUT2D eigenvalue weighted by Crippen LogP contribution is 2.27. The Balaban J connectivity index is 3.00. The van der Waals surface area contributed by atoms with Crippen molar-refractivity contribution in [2.45, 2.75) is 6.04 Å². The van der Waals surface area contributed by atoms with Crippen molar-refractivity contribution >= 4 is 17.6 Å². The molecule has 4 nitrogen and oxygen atoms in total. The second kappa shape index (κ2) is 6.27. The Hall–Kier alpha value is -1.52. The van der Waals surface area contributed by atoms with Gasteiger partial charge in [-0.15, -0.1) is 0 Å². The summed E-state index contributed by atoms with van der Waals surface area (Å²) in [6.07, 6.45) is 2.62. The third-order valence-electron chi connectivity index (χ3n) is 2.28. The molecule has 92 valence electrons. The maximum absolute atomic E-state index is 10.5. The van der Waals surface area contributed by atoms with E-state index in [0.29, 0.717) is 10.8 Å². The highest BCUT2D eigenvalue weighted by Gasteiger charge is 2.10. The molecule has 0 bridgehead atoms. The van der Waals surface area contributed by atoms with Crippen LogP contribution in [-0.4, -0.2) is 25.2 Å². The van der Waals surface area contributed by atoms with Gasteiger partial charge in [-0.05, 0) is 24.7 Å². The van der Waals surface area contributed by atoms with Crippen LogP contribution in [0.1, 0.15) is 11.6 Å². The minimum absolute atomic E-state index is 0.246. The number of carboxylic acids is 1. The van der Waals surface area contributed by atoms with Crippen LogP contribution in [0.25, 0.3) is 0 Å². The number of benzene rings is 1. The molecule has 0 heterocycles. The molecule has 0 aromatic heterocycles. The Morgan fingerprint density at radius 2 is 2.29 bits per heavy atom. The van der Waals surface area contributed by atoms with Crippen molar-refractivity contribution in [1.29, 1.82) is 0 Å². The maximum atomic E-state index is 10.5. The average Bonchev–Trinajstić information content (AvgIpc) is 2.31. The van der Waals surface area contributed by atoms with Crippen LogP contribution in [-0.2, 0) is 4.79 Å². The molecule has 5 heteroatoms. The van der Waals surface area contributed by atoms with Crippen molar-refractivity contribution in [2.75, 3.05) is 14.2 Å². The fraction of sp³-hybridized carbons (Fsp3) is 0.250. The largest absolute Gasteiger partial charge is 0.497 e. The molecule has 0 radical (unpaired) electrons. The first-order chi connectivity index (χ1) is 8.08. The topological polar surface area (TPSA) is 58.6 Å². The molecule has 17 heavy (non-hydrogen) atoms. The van der Waals surface area contributed by atoms with E-state index in [1.807, 2.05) is 0 Å². The summed E-state index contributed by atoms with van der Waals surface area (Å²) < 4.78 is 5.04. The van der Waals surface area contributed by atoms with Crippen molar-refractivity contribution in [1.82, 2.24) is 5.32 Å². The number of nitrogens with one attached hydrogen (secondary N) is 1. The molecule has 2 N–H and O–H groups in total. The number of halogens is 1. The number of methoxy groups -OCH3 is 1. The molecule has 0 aliphatic carbocycles. The summed E-state index contributed by atoms with van der Waals surface area (Å²) in [6, 6.07) is 5.02. The fourth-order valence-corrected chi connectivity index (χ4v) is 1.71. The van der Waals surface area contributed by atoms with Gasteiger partial charge in [-0.3, -0.25) is 0 Å². The summed E-state index contributed by atoms with van der Waals surface area (Å²) in [5.41, 5.74) is 0.799. The Labute approximate surface area is 105 Å². The van der Waals surface area contributed by atoms with Gasteiger partial charge in [0.1, 0.15) is 5.75 Å². The fourth-order valence-electron chi connectivity index (χ4n) is 1.42. The lowest BCUT2D eigenvalue weighted by Gasteiger charge is -2.14. The number of carbonyl (C=O) groups is 1. The molecule has 1 aromatic carbocycles. The van der Waals surface area contributed by atoms with Gasteiger partial charge in [0.15, 0.2) is 0 Å². The molecule has 1 rings (SSSR count). The van der Waals surface area contributed by atoms with Gasteiger partial charge in [0, 0.05) is 11.1 Å². The summed E-state index contributed by atoms with van der Waals surface area (Å²) in [7, 11) is 3.29. The molecular formula is C12H14ClNO3. The van der Waals surface area contributed by atoms with Gasteiger partial charge in [-0.1, -0.05) is 23.7 Å². The lowest BCUT2D eigenvalue weighted by molar-refractivity contribution is -0.131. The lowest BCUT2D eigenvalue weighted by Crippen LogP contribution is -2.14. The molecule has 0 saturated carbocycles. The third kappa shape index (κ3) is 3.76. The molecule has 1 atom stereocenters. The zero-order valence-corrected chi connectivity index (χ0v) is 10.4. The van der Waals surface area contributed by atoms with E-state index in [4.69, 9.17) is 21.4 Å². The van der Waals surface area contributed by atoms with Crippen LogP contribution in [0.5, 0.6) is 5.75 Å². The minimum Gasteiger partial charge on any atom is -0.497 e. The van der Waals surface area contributed by atoms with Crippen molar-refractivity contribution in [3.05, 3.63) is 40.9 Å². The van der Waals surface area contributed by atoms with E-state index in [-0.39, 0.29) is 6.04 Å². The molecule has 0 spiro atoms. The van der Waals surface area contributed by atoms with Crippen LogP contribution >= 0.6 is 11.6 Å². The summed E-state index contributed by atoms with van der Waals surface area (Å²) in [5.74, 6) is -0.328. The molecule has 0 aliphatic rings. The van der Waals surface area contributed by atoms with E-state index in [1.165, 1.54) is 6.08 Å². The zero-order valence-electron chi connectivity index (χ0n) is 9.61. The number of rotatable bonds is 5. The quantitative estimate of drug-likeness (QED) is 0.793. The van der Waals surface area contributed by atoms with Gasteiger partial charge < -0.3 is 15.2 Å². The standard InChI is InChI=1S/C12H14ClNO3/c1-14-11(5-6-12(15)16)9-4-3-8(17-2)7-10(9)13/h3-7,11,14H,1-2H3,(H,15,16)/b6-5+. The van der Waals surface area contributed by atoms with Crippen LogP contribution < -0.4 is 10.1 Å². The molecule has 0 fully saturated rings. The average molecular weight is 256 g/mol. The SMILES string of the molecule is CNC(/C=C/C(=O)O)c1ccc(OC)cc1Cl. The normalized spacial score (nSPS) is 12.6. The first-order valence-electron chi connectivity index (χ1n) is 5.00. The smallest absolute Gasteiger partial charge is 0.328 e. The second-order valence-electron chi connectivity index (χ2n) is 3.35.